The summed E-state index contributed by atoms with van der Waals surface area (Å²) in [4.78, 5) is 35.1. The van der Waals surface area contributed by atoms with Crippen molar-refractivity contribution in [2.45, 2.75) is 56.6 Å². The van der Waals surface area contributed by atoms with Gasteiger partial charge >= 0.3 is 5.97 Å². The van der Waals surface area contributed by atoms with Gasteiger partial charge in [-0.3, -0.25) is 18.9 Å². The van der Waals surface area contributed by atoms with Gasteiger partial charge in [-0.05, 0) is 25.7 Å². The van der Waals surface area contributed by atoms with Crippen molar-refractivity contribution in [3.05, 3.63) is 0 Å². The summed E-state index contributed by atoms with van der Waals surface area (Å²) in [7, 11) is -0.421. The third kappa shape index (κ3) is 12.3. The van der Waals surface area contributed by atoms with Gasteiger partial charge in [0, 0.05) is 42.7 Å². The van der Waals surface area contributed by atoms with Crippen molar-refractivity contribution in [3.63, 3.8) is 0 Å². The Morgan fingerprint density at radius 3 is 2.52 bits per heavy atom. The fourth-order valence-electron chi connectivity index (χ4n) is 2.71. The molecule has 1 amide bonds. The Kier molecular flexibility index (Phi) is 11.4. The first-order valence-electron chi connectivity index (χ1n) is 8.92. The lowest BCUT2D eigenvalue weighted by molar-refractivity contribution is -0.138. The van der Waals surface area contributed by atoms with Crippen molar-refractivity contribution < 1.29 is 32.5 Å². The Hall–Kier alpha value is -0.780. The maximum absolute atomic E-state index is 12.2. The van der Waals surface area contributed by atoms with Gasteiger partial charge in [-0.25, -0.2) is 0 Å². The molecule has 0 aromatic heterocycles. The molecule has 0 aromatic carbocycles. The summed E-state index contributed by atoms with van der Waals surface area (Å²) in [5.74, 6) is -1.99. The van der Waals surface area contributed by atoms with Crippen LogP contribution in [-0.2, 0) is 24.5 Å². The highest BCUT2D eigenvalue weighted by Gasteiger charge is 2.23. The minimum absolute atomic E-state index is 0.00865. The maximum Gasteiger partial charge on any atom is 0.303 e. The standard InChI is InChI=1S/C16H27NO7S3/c18-13(3-1-2-4-14-7-9-25-26-14)11-12(5-6-15(19)20)16(21)17-8-10-27(22,23)24/h12,14H,1-11H2,(H,17,21)(H,19,20)(H,22,23,24). The predicted octanol–water partition coefficient (Wildman–Crippen LogP) is 2.14. The van der Waals surface area contributed by atoms with E-state index in [-0.39, 0.29) is 31.6 Å². The van der Waals surface area contributed by atoms with E-state index in [2.05, 4.69) is 5.32 Å². The van der Waals surface area contributed by atoms with E-state index >= 15 is 0 Å². The molecule has 27 heavy (non-hydrogen) atoms. The smallest absolute Gasteiger partial charge is 0.303 e. The molecule has 1 fully saturated rings. The minimum atomic E-state index is -4.20. The quantitative estimate of drug-likeness (QED) is 0.210. The van der Waals surface area contributed by atoms with Crippen molar-refractivity contribution >= 4 is 49.4 Å². The Labute approximate surface area is 167 Å². The number of carboxylic acid groups (broad SMARTS) is 1. The number of Topliss-reactive ketones (excluding diaryl/α,β-unsaturated/α-hetero) is 1. The zero-order chi connectivity index (χ0) is 20.3. The van der Waals surface area contributed by atoms with Crippen molar-refractivity contribution in [1.29, 1.82) is 0 Å². The van der Waals surface area contributed by atoms with Crippen LogP contribution in [0.5, 0.6) is 0 Å². The van der Waals surface area contributed by atoms with Crippen LogP contribution in [0.3, 0.4) is 0 Å². The number of amides is 1. The molecule has 0 spiro atoms. The Morgan fingerprint density at radius 2 is 1.93 bits per heavy atom. The second kappa shape index (κ2) is 12.6. The van der Waals surface area contributed by atoms with E-state index in [4.69, 9.17) is 9.66 Å². The fourth-order valence-corrected chi connectivity index (χ4v) is 6.09. The molecular formula is C16H27NO7S3. The van der Waals surface area contributed by atoms with Crippen LogP contribution in [0.1, 0.15) is 51.4 Å². The molecule has 0 radical (unpaired) electrons. The molecule has 11 heteroatoms. The molecule has 1 saturated heterocycles. The SMILES string of the molecule is O=C(O)CCC(CC(=O)CCCCC1CCSS1)C(=O)NCCS(=O)(=O)O. The highest BCUT2D eigenvalue weighted by molar-refractivity contribution is 8.77. The van der Waals surface area contributed by atoms with Crippen LogP contribution in [0.25, 0.3) is 0 Å². The topological polar surface area (TPSA) is 138 Å². The lowest BCUT2D eigenvalue weighted by Gasteiger charge is -2.15. The molecular weight excluding hydrogens is 414 g/mol. The lowest BCUT2D eigenvalue weighted by atomic mass is 9.94. The summed E-state index contributed by atoms with van der Waals surface area (Å²) in [6, 6.07) is 0. The third-order valence-corrected chi connectivity index (χ3v) is 7.90. The Morgan fingerprint density at radius 1 is 1.19 bits per heavy atom. The number of hydrogen-bond donors (Lipinski definition) is 3. The van der Waals surface area contributed by atoms with Gasteiger partial charge in [0.1, 0.15) is 5.78 Å². The van der Waals surface area contributed by atoms with Gasteiger partial charge in [-0.15, -0.1) is 0 Å². The highest BCUT2D eigenvalue weighted by atomic mass is 33.1. The fraction of sp³-hybridized carbons (Fsp3) is 0.812. The van der Waals surface area contributed by atoms with Crippen LogP contribution in [0, 0.1) is 5.92 Å². The van der Waals surface area contributed by atoms with Crippen LogP contribution in [0.2, 0.25) is 0 Å². The Bertz CT molecular complexity index is 603. The monoisotopic (exact) mass is 441 g/mol. The summed E-state index contributed by atoms with van der Waals surface area (Å²) in [5.41, 5.74) is 0. The van der Waals surface area contributed by atoms with Gasteiger partial charge in [-0.1, -0.05) is 28.0 Å². The van der Waals surface area contributed by atoms with E-state index in [1.807, 2.05) is 21.6 Å². The van der Waals surface area contributed by atoms with Gasteiger partial charge < -0.3 is 10.4 Å². The van der Waals surface area contributed by atoms with E-state index in [1.54, 1.807) is 0 Å². The molecule has 2 unspecified atom stereocenters. The number of nitrogens with one attached hydrogen (secondary N) is 1. The normalized spacial score (nSPS) is 18.2. The van der Waals surface area contributed by atoms with Crippen LogP contribution in [0.4, 0.5) is 0 Å². The molecule has 8 nitrogen and oxygen atoms in total. The largest absolute Gasteiger partial charge is 0.481 e. The lowest BCUT2D eigenvalue weighted by Crippen LogP contribution is -2.35. The number of hydrogen-bond acceptors (Lipinski definition) is 7. The summed E-state index contributed by atoms with van der Waals surface area (Å²) in [5, 5.41) is 11.8. The molecule has 3 N–H and O–H groups in total. The van der Waals surface area contributed by atoms with Gasteiger partial charge in [-0.2, -0.15) is 8.42 Å². The first-order valence-corrected chi connectivity index (χ1v) is 12.9. The predicted molar refractivity (Wildman–Crippen MR) is 106 cm³/mol. The van der Waals surface area contributed by atoms with Crippen molar-refractivity contribution in [3.8, 4) is 0 Å². The number of rotatable bonds is 14. The molecule has 1 aliphatic heterocycles. The summed E-state index contributed by atoms with van der Waals surface area (Å²) < 4.78 is 30.1. The van der Waals surface area contributed by atoms with Gasteiger partial charge in [0.15, 0.2) is 0 Å². The van der Waals surface area contributed by atoms with Crippen molar-refractivity contribution in [2.24, 2.45) is 5.92 Å². The van der Waals surface area contributed by atoms with E-state index in [1.165, 1.54) is 12.2 Å². The molecule has 0 aliphatic carbocycles. The summed E-state index contributed by atoms with van der Waals surface area (Å²) in [6.45, 7) is -0.285. The summed E-state index contributed by atoms with van der Waals surface area (Å²) in [6.07, 6.45) is 4.02. The maximum atomic E-state index is 12.2. The zero-order valence-electron chi connectivity index (χ0n) is 15.1. The second-order valence-electron chi connectivity index (χ2n) is 6.52. The average Bonchev–Trinajstić information content (AvgIpc) is 3.07. The van der Waals surface area contributed by atoms with Crippen LogP contribution >= 0.6 is 21.6 Å². The number of carbonyl (C=O) groups excluding carboxylic acids is 2. The molecule has 156 valence electrons. The molecule has 1 aliphatic rings. The minimum Gasteiger partial charge on any atom is -0.481 e. The van der Waals surface area contributed by atoms with E-state index in [0.29, 0.717) is 11.7 Å². The van der Waals surface area contributed by atoms with Crippen molar-refractivity contribution in [1.82, 2.24) is 5.32 Å². The molecule has 0 bridgehead atoms. The van der Waals surface area contributed by atoms with Crippen LogP contribution in [0.15, 0.2) is 0 Å². The third-order valence-electron chi connectivity index (χ3n) is 4.17. The number of carbonyl (C=O) groups is 3. The molecule has 2 atom stereocenters. The van der Waals surface area contributed by atoms with Gasteiger partial charge in [0.2, 0.25) is 5.91 Å². The number of unbranched alkanes of at least 4 members (excludes halogenated alkanes) is 1. The van der Waals surface area contributed by atoms with Crippen LogP contribution in [-0.4, -0.2) is 59.0 Å². The Balaban J connectivity index is 2.38. The summed E-state index contributed by atoms with van der Waals surface area (Å²) >= 11 is 0. The number of ketones is 1. The van der Waals surface area contributed by atoms with Crippen molar-refractivity contribution in [2.75, 3.05) is 18.1 Å². The molecule has 0 aromatic rings. The second-order valence-corrected chi connectivity index (χ2v) is 10.9. The number of aliphatic carboxylic acids is 1. The molecule has 0 saturated carbocycles. The van der Waals surface area contributed by atoms with Crippen LogP contribution < -0.4 is 5.32 Å². The molecule has 1 heterocycles. The van der Waals surface area contributed by atoms with E-state index < -0.39 is 33.7 Å². The van der Waals surface area contributed by atoms with Gasteiger partial charge in [0.25, 0.3) is 10.1 Å². The highest BCUT2D eigenvalue weighted by Crippen LogP contribution is 2.39. The van der Waals surface area contributed by atoms with E-state index in [0.717, 1.165) is 19.3 Å². The average molecular weight is 442 g/mol. The first kappa shape index (κ1) is 24.3. The van der Waals surface area contributed by atoms with E-state index in [9.17, 15) is 22.8 Å². The first-order chi connectivity index (χ1) is 12.7. The molecule has 1 rings (SSSR count). The van der Waals surface area contributed by atoms with Gasteiger partial charge in [0.05, 0.1) is 5.75 Å². The number of carboxylic acids is 1. The zero-order valence-corrected chi connectivity index (χ0v) is 17.5.